The summed E-state index contributed by atoms with van der Waals surface area (Å²) < 4.78 is 44.1. The van der Waals surface area contributed by atoms with Crippen LogP contribution in [0.2, 0.25) is 0 Å². The maximum absolute atomic E-state index is 13.1. The van der Waals surface area contributed by atoms with E-state index in [1.807, 2.05) is 6.92 Å². The zero-order chi connectivity index (χ0) is 16.9. The number of ether oxygens (including phenoxy) is 1. The van der Waals surface area contributed by atoms with Gasteiger partial charge in [-0.25, -0.2) is 9.97 Å². The minimum Gasteiger partial charge on any atom is -0.385 e. The maximum Gasteiger partial charge on any atom is 0.433 e. The fourth-order valence-corrected chi connectivity index (χ4v) is 1.91. The third-order valence-electron chi connectivity index (χ3n) is 3.09. The van der Waals surface area contributed by atoms with Crippen molar-refractivity contribution in [2.45, 2.75) is 25.6 Å². The van der Waals surface area contributed by atoms with Crippen molar-refractivity contribution >= 4 is 5.82 Å². The summed E-state index contributed by atoms with van der Waals surface area (Å²) >= 11 is 0. The number of nitrogens with zero attached hydrogens (tertiary/aromatic N) is 3. The lowest BCUT2D eigenvalue weighted by Gasteiger charge is -2.16. The van der Waals surface area contributed by atoms with Crippen LogP contribution in [0, 0.1) is 0 Å². The molecule has 0 aliphatic rings. The highest BCUT2D eigenvalue weighted by Crippen LogP contribution is 2.30. The monoisotopic (exact) mass is 326 g/mol. The van der Waals surface area contributed by atoms with Crippen molar-refractivity contribution in [2.75, 3.05) is 19.0 Å². The molecule has 2 aromatic rings. The summed E-state index contributed by atoms with van der Waals surface area (Å²) in [6, 6.07) is 4.05. The second-order valence-electron chi connectivity index (χ2n) is 5.03. The fourth-order valence-electron chi connectivity index (χ4n) is 1.91. The summed E-state index contributed by atoms with van der Waals surface area (Å²) in [7, 11) is 1.57. The molecule has 8 heteroatoms. The highest BCUT2D eigenvalue weighted by molar-refractivity contribution is 5.56. The number of rotatable bonds is 6. The Morgan fingerprint density at radius 3 is 2.70 bits per heavy atom. The molecule has 5 nitrogen and oxygen atoms in total. The Balaban J connectivity index is 2.34. The van der Waals surface area contributed by atoms with Gasteiger partial charge in [0, 0.05) is 43.8 Å². The van der Waals surface area contributed by atoms with Gasteiger partial charge in [0.25, 0.3) is 0 Å². The predicted molar refractivity (Wildman–Crippen MR) is 79.8 cm³/mol. The quantitative estimate of drug-likeness (QED) is 0.882. The lowest BCUT2D eigenvalue weighted by molar-refractivity contribution is -0.141. The number of methoxy groups -OCH3 is 1. The van der Waals surface area contributed by atoms with E-state index in [1.165, 1.54) is 12.4 Å². The Bertz CT molecular complexity index is 634. The SMILES string of the molecule is COCC[C@H](C)Nc1cc(C(F)(F)F)nc(-c2cccnc2)n1. The Labute approximate surface area is 131 Å². The molecule has 2 rings (SSSR count). The van der Waals surface area contributed by atoms with E-state index >= 15 is 0 Å². The summed E-state index contributed by atoms with van der Waals surface area (Å²) in [6.07, 6.45) is -0.951. The molecule has 0 aromatic carbocycles. The average Bonchev–Trinajstić information content (AvgIpc) is 2.52. The van der Waals surface area contributed by atoms with Crippen LogP contribution in [0.4, 0.5) is 19.0 Å². The summed E-state index contributed by atoms with van der Waals surface area (Å²) in [4.78, 5) is 11.7. The second kappa shape index (κ2) is 7.36. The van der Waals surface area contributed by atoms with Crippen molar-refractivity contribution < 1.29 is 17.9 Å². The smallest absolute Gasteiger partial charge is 0.385 e. The number of hydrogen-bond acceptors (Lipinski definition) is 5. The number of aromatic nitrogens is 3. The molecule has 124 valence electrons. The van der Waals surface area contributed by atoms with Crippen LogP contribution in [-0.4, -0.2) is 34.7 Å². The molecule has 0 radical (unpaired) electrons. The molecule has 1 N–H and O–H groups in total. The van der Waals surface area contributed by atoms with Gasteiger partial charge in [-0.05, 0) is 25.5 Å². The van der Waals surface area contributed by atoms with Crippen LogP contribution in [0.25, 0.3) is 11.4 Å². The molecule has 0 fully saturated rings. The molecule has 0 aliphatic heterocycles. The van der Waals surface area contributed by atoms with E-state index in [-0.39, 0.29) is 17.7 Å². The predicted octanol–water partition coefficient (Wildman–Crippen LogP) is 3.39. The third kappa shape index (κ3) is 4.88. The first kappa shape index (κ1) is 17.1. The molecule has 0 amide bonds. The normalized spacial score (nSPS) is 12.9. The summed E-state index contributed by atoms with van der Waals surface area (Å²) in [5, 5.41) is 2.95. The lowest BCUT2D eigenvalue weighted by atomic mass is 10.2. The van der Waals surface area contributed by atoms with E-state index in [1.54, 1.807) is 19.2 Å². The van der Waals surface area contributed by atoms with Crippen LogP contribution in [0.15, 0.2) is 30.6 Å². The lowest BCUT2D eigenvalue weighted by Crippen LogP contribution is -2.19. The molecule has 0 saturated heterocycles. The van der Waals surface area contributed by atoms with Crippen molar-refractivity contribution in [3.8, 4) is 11.4 Å². The van der Waals surface area contributed by atoms with E-state index in [2.05, 4.69) is 20.3 Å². The molecule has 0 saturated carbocycles. The van der Waals surface area contributed by atoms with Gasteiger partial charge in [0.15, 0.2) is 11.5 Å². The van der Waals surface area contributed by atoms with Gasteiger partial charge in [-0.3, -0.25) is 4.98 Å². The second-order valence-corrected chi connectivity index (χ2v) is 5.03. The van der Waals surface area contributed by atoms with Crippen molar-refractivity contribution in [1.82, 2.24) is 15.0 Å². The number of alkyl halides is 3. The number of halogens is 3. The first-order valence-corrected chi connectivity index (χ1v) is 7.02. The molecular weight excluding hydrogens is 309 g/mol. The molecule has 2 heterocycles. The molecule has 23 heavy (non-hydrogen) atoms. The molecule has 1 atom stereocenters. The Kier molecular flexibility index (Phi) is 5.49. The van der Waals surface area contributed by atoms with Crippen LogP contribution >= 0.6 is 0 Å². The number of nitrogens with one attached hydrogen (secondary N) is 1. The van der Waals surface area contributed by atoms with Gasteiger partial charge < -0.3 is 10.1 Å². The average molecular weight is 326 g/mol. The van der Waals surface area contributed by atoms with E-state index < -0.39 is 11.9 Å². The van der Waals surface area contributed by atoms with Gasteiger partial charge >= 0.3 is 6.18 Å². The van der Waals surface area contributed by atoms with Crippen molar-refractivity contribution in [3.05, 3.63) is 36.3 Å². The van der Waals surface area contributed by atoms with Gasteiger partial charge in [0.1, 0.15) is 5.82 Å². The van der Waals surface area contributed by atoms with Crippen LogP contribution in [0.3, 0.4) is 0 Å². The standard InChI is InChI=1S/C15H17F3N4O/c1-10(5-7-23-2)20-13-8-12(15(16,17)18)21-14(22-13)11-4-3-6-19-9-11/h3-4,6,8-10H,5,7H2,1-2H3,(H,20,21,22)/t10-/m0/s1. The van der Waals surface area contributed by atoms with Crippen LogP contribution in [-0.2, 0) is 10.9 Å². The maximum atomic E-state index is 13.1. The zero-order valence-corrected chi connectivity index (χ0v) is 12.8. The Morgan fingerprint density at radius 2 is 2.09 bits per heavy atom. The Hall–Kier alpha value is -2.22. The zero-order valence-electron chi connectivity index (χ0n) is 12.8. The largest absolute Gasteiger partial charge is 0.433 e. The van der Waals surface area contributed by atoms with Crippen LogP contribution < -0.4 is 5.32 Å². The first-order valence-electron chi connectivity index (χ1n) is 7.02. The van der Waals surface area contributed by atoms with E-state index in [4.69, 9.17) is 4.74 Å². The number of anilines is 1. The molecule has 0 spiro atoms. The summed E-state index contributed by atoms with van der Waals surface area (Å²) in [6.45, 7) is 2.35. The minimum absolute atomic E-state index is 0.0191. The van der Waals surface area contributed by atoms with Crippen molar-refractivity contribution in [2.24, 2.45) is 0 Å². The van der Waals surface area contributed by atoms with E-state index in [0.29, 0.717) is 18.6 Å². The van der Waals surface area contributed by atoms with Crippen LogP contribution in [0.5, 0.6) is 0 Å². The van der Waals surface area contributed by atoms with Gasteiger partial charge in [-0.1, -0.05) is 0 Å². The highest BCUT2D eigenvalue weighted by atomic mass is 19.4. The van der Waals surface area contributed by atoms with Crippen molar-refractivity contribution in [1.29, 1.82) is 0 Å². The molecule has 0 bridgehead atoms. The van der Waals surface area contributed by atoms with Gasteiger partial charge in [-0.15, -0.1) is 0 Å². The minimum atomic E-state index is -4.55. The first-order chi connectivity index (χ1) is 10.9. The fraction of sp³-hybridized carbons (Fsp3) is 0.400. The highest BCUT2D eigenvalue weighted by Gasteiger charge is 2.34. The van der Waals surface area contributed by atoms with Gasteiger partial charge in [-0.2, -0.15) is 13.2 Å². The van der Waals surface area contributed by atoms with E-state index in [9.17, 15) is 13.2 Å². The molecule has 0 unspecified atom stereocenters. The Morgan fingerprint density at radius 1 is 1.30 bits per heavy atom. The topological polar surface area (TPSA) is 59.9 Å². The molecular formula is C15H17F3N4O. The number of hydrogen-bond donors (Lipinski definition) is 1. The number of pyridine rings is 1. The third-order valence-corrected chi connectivity index (χ3v) is 3.09. The van der Waals surface area contributed by atoms with E-state index in [0.717, 1.165) is 6.07 Å². The summed E-state index contributed by atoms with van der Waals surface area (Å²) in [5.41, 5.74) is -0.570. The summed E-state index contributed by atoms with van der Waals surface area (Å²) in [5.74, 6) is 0.101. The molecule has 2 aromatic heterocycles. The van der Waals surface area contributed by atoms with Gasteiger partial charge in [0.05, 0.1) is 0 Å². The molecule has 0 aliphatic carbocycles. The van der Waals surface area contributed by atoms with Gasteiger partial charge in [0.2, 0.25) is 0 Å². The van der Waals surface area contributed by atoms with Crippen LogP contribution in [0.1, 0.15) is 19.0 Å². The van der Waals surface area contributed by atoms with Crippen molar-refractivity contribution in [3.63, 3.8) is 0 Å².